The molecule has 5 rings (SSSR count). The van der Waals surface area contributed by atoms with Gasteiger partial charge in [-0.25, -0.2) is 4.98 Å². The van der Waals surface area contributed by atoms with Crippen LogP contribution >= 0.6 is 0 Å². The van der Waals surface area contributed by atoms with E-state index in [2.05, 4.69) is 32.5 Å². The standard InChI is InChI=1S/C24H29N5O2/c1-31-21-9-5-4-8-17(21)14-25-22-19-10-11-20(26-23(19)28-27-22)18-12-13-29(15-18)24(30)16-6-2-3-7-16/h4-5,8-11,16,18H,2-3,6-7,12-15H2,1H3,(H2,25,26,27,28). The molecule has 1 aliphatic heterocycles. The van der Waals surface area contributed by atoms with Gasteiger partial charge in [0.1, 0.15) is 5.75 Å². The van der Waals surface area contributed by atoms with E-state index in [1.54, 1.807) is 7.11 Å². The van der Waals surface area contributed by atoms with Crippen molar-refractivity contribution in [2.24, 2.45) is 5.92 Å². The van der Waals surface area contributed by atoms with Crippen LogP contribution < -0.4 is 10.1 Å². The monoisotopic (exact) mass is 419 g/mol. The Hall–Kier alpha value is -3.09. The van der Waals surface area contributed by atoms with E-state index in [1.165, 1.54) is 12.8 Å². The van der Waals surface area contributed by atoms with Crippen LogP contribution in [0.1, 0.15) is 49.3 Å². The van der Waals surface area contributed by atoms with Crippen molar-refractivity contribution in [2.45, 2.75) is 44.6 Å². The maximum absolute atomic E-state index is 12.7. The number of likely N-dealkylation sites (tertiary alicyclic amines) is 1. The van der Waals surface area contributed by atoms with Crippen molar-refractivity contribution in [3.63, 3.8) is 0 Å². The lowest BCUT2D eigenvalue weighted by molar-refractivity contribution is -0.134. The molecule has 2 aliphatic rings. The Labute approximate surface area is 182 Å². The van der Waals surface area contributed by atoms with Crippen LogP contribution in [0.15, 0.2) is 36.4 Å². The van der Waals surface area contributed by atoms with E-state index < -0.39 is 0 Å². The molecule has 1 atom stereocenters. The number of aromatic nitrogens is 3. The van der Waals surface area contributed by atoms with Gasteiger partial charge in [0.25, 0.3) is 0 Å². The molecule has 162 valence electrons. The Morgan fingerprint density at radius 1 is 1.19 bits per heavy atom. The van der Waals surface area contributed by atoms with Crippen LogP contribution in [0.4, 0.5) is 5.82 Å². The summed E-state index contributed by atoms with van der Waals surface area (Å²) >= 11 is 0. The SMILES string of the molecule is COc1ccccc1CNc1n[nH]c2nc(C3CCN(C(=O)C4CCCC4)C3)ccc12. The third kappa shape index (κ3) is 3.96. The molecule has 1 saturated carbocycles. The van der Waals surface area contributed by atoms with Crippen LogP contribution in [0.25, 0.3) is 11.0 Å². The highest BCUT2D eigenvalue weighted by atomic mass is 16.5. The van der Waals surface area contributed by atoms with Gasteiger partial charge in [0.15, 0.2) is 11.5 Å². The molecular weight excluding hydrogens is 390 g/mol. The Bertz CT molecular complexity index is 1070. The highest BCUT2D eigenvalue weighted by Crippen LogP contribution is 2.32. The fraction of sp³-hybridized carbons (Fsp3) is 0.458. The number of methoxy groups -OCH3 is 1. The molecule has 1 unspecified atom stereocenters. The number of carbonyl (C=O) groups excluding carboxylic acids is 1. The lowest BCUT2D eigenvalue weighted by Crippen LogP contribution is -2.33. The number of anilines is 1. The first-order valence-corrected chi connectivity index (χ1v) is 11.2. The molecule has 1 amide bonds. The summed E-state index contributed by atoms with van der Waals surface area (Å²) in [6, 6.07) is 12.1. The summed E-state index contributed by atoms with van der Waals surface area (Å²) in [6.07, 6.45) is 5.48. The fourth-order valence-electron chi connectivity index (χ4n) is 4.94. The number of para-hydroxylation sites is 1. The number of pyridine rings is 1. The first-order valence-electron chi connectivity index (χ1n) is 11.2. The van der Waals surface area contributed by atoms with Gasteiger partial charge in [0.2, 0.25) is 5.91 Å². The Balaban J connectivity index is 1.27. The van der Waals surface area contributed by atoms with Gasteiger partial charge in [-0.3, -0.25) is 9.89 Å². The van der Waals surface area contributed by atoms with Crippen LogP contribution in [0.2, 0.25) is 0 Å². The van der Waals surface area contributed by atoms with E-state index >= 15 is 0 Å². The van der Waals surface area contributed by atoms with Gasteiger partial charge >= 0.3 is 0 Å². The summed E-state index contributed by atoms with van der Waals surface area (Å²) in [5.41, 5.74) is 2.89. The van der Waals surface area contributed by atoms with Gasteiger partial charge in [-0.15, -0.1) is 0 Å². The van der Waals surface area contributed by atoms with Crippen LogP contribution in [0.5, 0.6) is 5.75 Å². The zero-order chi connectivity index (χ0) is 21.2. The molecule has 7 nitrogen and oxygen atoms in total. The first-order chi connectivity index (χ1) is 15.2. The maximum atomic E-state index is 12.7. The second kappa shape index (κ2) is 8.57. The summed E-state index contributed by atoms with van der Waals surface area (Å²) in [6.45, 7) is 2.24. The highest BCUT2D eigenvalue weighted by Gasteiger charge is 2.33. The third-order valence-corrected chi connectivity index (χ3v) is 6.71. The van der Waals surface area contributed by atoms with E-state index in [-0.39, 0.29) is 5.92 Å². The normalized spacial score (nSPS) is 19.3. The summed E-state index contributed by atoms with van der Waals surface area (Å²) in [7, 11) is 1.68. The Morgan fingerprint density at radius 3 is 2.87 bits per heavy atom. The zero-order valence-corrected chi connectivity index (χ0v) is 17.9. The van der Waals surface area contributed by atoms with E-state index in [1.807, 2.05) is 24.3 Å². The number of benzene rings is 1. The zero-order valence-electron chi connectivity index (χ0n) is 17.9. The van der Waals surface area contributed by atoms with Crippen LogP contribution in [-0.2, 0) is 11.3 Å². The molecule has 2 aromatic heterocycles. The average Bonchev–Trinajstić information content (AvgIpc) is 3.58. The second-order valence-electron chi connectivity index (χ2n) is 8.62. The molecule has 3 aromatic rings. The van der Waals surface area contributed by atoms with Crippen molar-refractivity contribution in [2.75, 3.05) is 25.5 Å². The molecule has 3 heterocycles. The van der Waals surface area contributed by atoms with E-state index in [9.17, 15) is 4.79 Å². The van der Waals surface area contributed by atoms with Gasteiger partial charge in [0.05, 0.1) is 12.5 Å². The second-order valence-corrected chi connectivity index (χ2v) is 8.62. The molecule has 2 N–H and O–H groups in total. The smallest absolute Gasteiger partial charge is 0.225 e. The molecule has 7 heteroatoms. The predicted octanol–water partition coefficient (Wildman–Crippen LogP) is 4.08. The predicted molar refractivity (Wildman–Crippen MR) is 120 cm³/mol. The van der Waals surface area contributed by atoms with Crippen LogP contribution in [0.3, 0.4) is 0 Å². The van der Waals surface area contributed by atoms with Gasteiger partial charge < -0.3 is 15.0 Å². The minimum absolute atomic E-state index is 0.249. The molecule has 2 fully saturated rings. The summed E-state index contributed by atoms with van der Waals surface area (Å²) in [5, 5.41) is 11.8. The molecule has 1 aliphatic carbocycles. The van der Waals surface area contributed by atoms with Crippen LogP contribution in [-0.4, -0.2) is 46.2 Å². The molecule has 0 bridgehead atoms. The third-order valence-electron chi connectivity index (χ3n) is 6.71. The largest absolute Gasteiger partial charge is 0.496 e. The van der Waals surface area contributed by atoms with Gasteiger partial charge in [0, 0.05) is 42.7 Å². The van der Waals surface area contributed by atoms with Gasteiger partial charge in [-0.05, 0) is 37.5 Å². The molecular formula is C24H29N5O2. The van der Waals surface area contributed by atoms with Crippen molar-refractivity contribution in [1.29, 1.82) is 0 Å². The Kier molecular flexibility index (Phi) is 5.49. The molecule has 0 spiro atoms. The Morgan fingerprint density at radius 2 is 2.03 bits per heavy atom. The highest BCUT2D eigenvalue weighted by molar-refractivity contribution is 5.87. The minimum atomic E-state index is 0.249. The van der Waals surface area contributed by atoms with Crippen molar-refractivity contribution in [3.05, 3.63) is 47.7 Å². The number of fused-ring (bicyclic) bond motifs is 1. The molecule has 1 aromatic carbocycles. The van der Waals surface area contributed by atoms with Gasteiger partial charge in [-0.1, -0.05) is 31.0 Å². The number of ether oxygens (including phenoxy) is 1. The number of nitrogens with one attached hydrogen (secondary N) is 2. The minimum Gasteiger partial charge on any atom is -0.496 e. The number of amides is 1. The van der Waals surface area contributed by atoms with Crippen molar-refractivity contribution < 1.29 is 9.53 Å². The van der Waals surface area contributed by atoms with E-state index in [0.717, 1.165) is 66.2 Å². The quantitative estimate of drug-likeness (QED) is 0.629. The lowest BCUT2D eigenvalue weighted by Gasteiger charge is -2.20. The fourth-order valence-corrected chi connectivity index (χ4v) is 4.94. The number of carbonyl (C=O) groups is 1. The molecule has 31 heavy (non-hydrogen) atoms. The molecule has 0 radical (unpaired) electrons. The van der Waals surface area contributed by atoms with Gasteiger partial charge in [-0.2, -0.15) is 5.10 Å². The van der Waals surface area contributed by atoms with Crippen molar-refractivity contribution in [3.8, 4) is 5.75 Å². The topological polar surface area (TPSA) is 83.1 Å². The van der Waals surface area contributed by atoms with E-state index in [4.69, 9.17) is 9.72 Å². The van der Waals surface area contributed by atoms with Crippen molar-refractivity contribution in [1.82, 2.24) is 20.1 Å². The first kappa shape index (κ1) is 19.8. The summed E-state index contributed by atoms with van der Waals surface area (Å²) in [5.74, 6) is 2.53. The summed E-state index contributed by atoms with van der Waals surface area (Å²) < 4.78 is 5.42. The number of hydrogen-bond acceptors (Lipinski definition) is 5. The number of hydrogen-bond donors (Lipinski definition) is 2. The molecule has 1 saturated heterocycles. The number of nitrogens with zero attached hydrogens (tertiary/aromatic N) is 3. The average molecular weight is 420 g/mol. The lowest BCUT2D eigenvalue weighted by atomic mass is 10.0. The maximum Gasteiger partial charge on any atom is 0.225 e. The number of aromatic amines is 1. The van der Waals surface area contributed by atoms with Crippen molar-refractivity contribution >= 4 is 22.8 Å². The number of H-pyrrole nitrogens is 1. The summed E-state index contributed by atoms with van der Waals surface area (Å²) in [4.78, 5) is 19.6. The number of rotatable bonds is 6. The van der Waals surface area contributed by atoms with Crippen LogP contribution in [0, 0.1) is 5.92 Å². The van der Waals surface area contributed by atoms with E-state index in [0.29, 0.717) is 18.4 Å².